The molecular weight excluding hydrogens is 290 g/mol. The highest BCUT2D eigenvalue weighted by Gasteiger charge is 2.31. The van der Waals surface area contributed by atoms with E-state index in [-0.39, 0.29) is 18.0 Å². The molecule has 1 N–H and O–H groups in total. The highest BCUT2D eigenvalue weighted by atomic mass is 32.2. The normalized spacial score (nSPS) is 17.8. The van der Waals surface area contributed by atoms with Gasteiger partial charge in [0, 0.05) is 13.1 Å². The molecule has 0 atom stereocenters. The van der Waals surface area contributed by atoms with E-state index in [0.29, 0.717) is 12.8 Å². The van der Waals surface area contributed by atoms with Crippen LogP contribution in [0.1, 0.15) is 31.7 Å². The SMILES string of the molecule is CCCc1ccc(S(=O)(=O)N2CCC(C(=O)O)CC2)cc1. The second-order valence-corrected chi connectivity index (χ2v) is 7.35. The second kappa shape index (κ2) is 6.58. The van der Waals surface area contributed by atoms with Gasteiger partial charge in [-0.1, -0.05) is 25.5 Å². The second-order valence-electron chi connectivity index (χ2n) is 5.41. The highest BCUT2D eigenvalue weighted by Crippen LogP contribution is 2.24. The van der Waals surface area contributed by atoms with E-state index >= 15 is 0 Å². The number of aryl methyl sites for hydroxylation is 1. The van der Waals surface area contributed by atoms with Crippen LogP contribution in [-0.4, -0.2) is 36.9 Å². The maximum Gasteiger partial charge on any atom is 0.306 e. The largest absolute Gasteiger partial charge is 0.481 e. The number of nitrogens with zero attached hydrogens (tertiary/aromatic N) is 1. The standard InChI is InChI=1S/C15H21NO4S/c1-2-3-12-4-6-14(7-5-12)21(19,20)16-10-8-13(9-11-16)15(17)18/h4-7,13H,2-3,8-11H2,1H3,(H,17,18). The molecule has 1 aromatic rings. The van der Waals surface area contributed by atoms with Crippen molar-refractivity contribution in [3.05, 3.63) is 29.8 Å². The zero-order valence-electron chi connectivity index (χ0n) is 12.2. The topological polar surface area (TPSA) is 74.7 Å². The molecule has 0 radical (unpaired) electrons. The van der Waals surface area contributed by atoms with Crippen molar-refractivity contribution in [1.29, 1.82) is 0 Å². The number of piperidine rings is 1. The third-order valence-electron chi connectivity index (χ3n) is 3.90. The van der Waals surface area contributed by atoms with Gasteiger partial charge in [0.05, 0.1) is 10.8 Å². The first-order valence-corrected chi connectivity index (χ1v) is 8.71. The summed E-state index contributed by atoms with van der Waals surface area (Å²) in [6.07, 6.45) is 2.71. The minimum atomic E-state index is -3.50. The van der Waals surface area contributed by atoms with E-state index < -0.39 is 21.9 Å². The van der Waals surface area contributed by atoms with E-state index in [0.717, 1.165) is 18.4 Å². The molecule has 0 spiro atoms. The summed E-state index contributed by atoms with van der Waals surface area (Å²) in [5.74, 6) is -1.26. The molecule has 0 aromatic heterocycles. The average molecular weight is 311 g/mol. The number of hydrogen-bond donors (Lipinski definition) is 1. The fraction of sp³-hybridized carbons (Fsp3) is 0.533. The molecule has 2 rings (SSSR count). The van der Waals surface area contributed by atoms with E-state index in [4.69, 9.17) is 5.11 Å². The van der Waals surface area contributed by atoms with Crippen molar-refractivity contribution in [3.8, 4) is 0 Å². The number of hydrogen-bond acceptors (Lipinski definition) is 3. The molecule has 5 nitrogen and oxygen atoms in total. The maximum absolute atomic E-state index is 12.5. The monoisotopic (exact) mass is 311 g/mol. The van der Waals surface area contributed by atoms with Crippen molar-refractivity contribution in [2.75, 3.05) is 13.1 Å². The zero-order chi connectivity index (χ0) is 15.5. The van der Waals surface area contributed by atoms with Gasteiger partial charge in [0.2, 0.25) is 10.0 Å². The molecule has 21 heavy (non-hydrogen) atoms. The predicted octanol–water partition coefficient (Wildman–Crippen LogP) is 2.12. The van der Waals surface area contributed by atoms with Gasteiger partial charge in [-0.3, -0.25) is 4.79 Å². The number of benzene rings is 1. The first-order chi connectivity index (χ1) is 9.95. The Hall–Kier alpha value is -1.40. The van der Waals surface area contributed by atoms with Crippen molar-refractivity contribution >= 4 is 16.0 Å². The molecule has 0 unspecified atom stereocenters. The van der Waals surface area contributed by atoms with Crippen LogP contribution in [0.15, 0.2) is 29.2 Å². The Balaban J connectivity index is 2.10. The Kier molecular flexibility index (Phi) is 5.00. The van der Waals surface area contributed by atoms with E-state index in [1.807, 2.05) is 12.1 Å². The lowest BCUT2D eigenvalue weighted by atomic mass is 9.99. The summed E-state index contributed by atoms with van der Waals surface area (Å²) in [4.78, 5) is 11.2. The summed E-state index contributed by atoms with van der Waals surface area (Å²) in [6, 6.07) is 6.98. The van der Waals surface area contributed by atoms with Gasteiger partial charge in [0.15, 0.2) is 0 Å². The van der Waals surface area contributed by atoms with Crippen LogP contribution in [0, 0.1) is 5.92 Å². The number of aliphatic carboxylic acids is 1. The molecule has 0 aliphatic carbocycles. The van der Waals surface area contributed by atoms with Crippen LogP contribution in [0.2, 0.25) is 0 Å². The van der Waals surface area contributed by atoms with E-state index in [9.17, 15) is 13.2 Å². The highest BCUT2D eigenvalue weighted by molar-refractivity contribution is 7.89. The maximum atomic E-state index is 12.5. The van der Waals surface area contributed by atoms with Gasteiger partial charge in [0.25, 0.3) is 0 Å². The third kappa shape index (κ3) is 3.63. The summed E-state index contributed by atoms with van der Waals surface area (Å²) in [7, 11) is -3.50. The minimum absolute atomic E-state index is 0.274. The summed E-state index contributed by atoms with van der Waals surface area (Å²) < 4.78 is 26.4. The van der Waals surface area contributed by atoms with Crippen molar-refractivity contribution in [3.63, 3.8) is 0 Å². The Morgan fingerprint density at radius 3 is 2.29 bits per heavy atom. The summed E-state index contributed by atoms with van der Waals surface area (Å²) >= 11 is 0. The van der Waals surface area contributed by atoms with Gasteiger partial charge in [-0.25, -0.2) is 8.42 Å². The summed E-state index contributed by atoms with van der Waals surface area (Å²) in [6.45, 7) is 2.63. The fourth-order valence-electron chi connectivity index (χ4n) is 2.61. The summed E-state index contributed by atoms with van der Waals surface area (Å²) in [5.41, 5.74) is 1.13. The van der Waals surface area contributed by atoms with E-state index in [1.165, 1.54) is 4.31 Å². The number of sulfonamides is 1. The van der Waals surface area contributed by atoms with Crippen molar-refractivity contribution < 1.29 is 18.3 Å². The lowest BCUT2D eigenvalue weighted by Crippen LogP contribution is -2.40. The molecule has 1 fully saturated rings. The van der Waals surface area contributed by atoms with Crippen LogP contribution < -0.4 is 0 Å². The van der Waals surface area contributed by atoms with E-state index in [1.54, 1.807) is 12.1 Å². The molecule has 6 heteroatoms. The Morgan fingerprint density at radius 1 is 1.24 bits per heavy atom. The molecule has 0 amide bonds. The van der Waals surface area contributed by atoms with Gasteiger partial charge in [-0.2, -0.15) is 4.31 Å². The molecule has 0 bridgehead atoms. The molecular formula is C15H21NO4S. The predicted molar refractivity (Wildman–Crippen MR) is 79.6 cm³/mol. The molecule has 1 saturated heterocycles. The first kappa shape index (κ1) is 16.0. The van der Waals surface area contributed by atoms with Crippen LogP contribution in [0.4, 0.5) is 0 Å². The third-order valence-corrected chi connectivity index (χ3v) is 5.82. The Labute approximate surface area is 125 Å². The van der Waals surface area contributed by atoms with Gasteiger partial charge < -0.3 is 5.11 Å². The molecule has 1 aliphatic rings. The van der Waals surface area contributed by atoms with Crippen LogP contribution >= 0.6 is 0 Å². The van der Waals surface area contributed by atoms with Gasteiger partial charge in [-0.05, 0) is 37.0 Å². The molecule has 1 heterocycles. The zero-order valence-corrected chi connectivity index (χ0v) is 13.0. The smallest absolute Gasteiger partial charge is 0.306 e. The fourth-order valence-corrected chi connectivity index (χ4v) is 4.08. The van der Waals surface area contributed by atoms with Gasteiger partial charge >= 0.3 is 5.97 Å². The lowest BCUT2D eigenvalue weighted by molar-refractivity contribution is -0.142. The van der Waals surface area contributed by atoms with Gasteiger partial charge in [-0.15, -0.1) is 0 Å². The first-order valence-electron chi connectivity index (χ1n) is 7.27. The van der Waals surface area contributed by atoms with Crippen molar-refractivity contribution in [2.24, 2.45) is 5.92 Å². The van der Waals surface area contributed by atoms with Gasteiger partial charge in [0.1, 0.15) is 0 Å². The van der Waals surface area contributed by atoms with Crippen molar-refractivity contribution in [2.45, 2.75) is 37.5 Å². The molecule has 0 saturated carbocycles. The van der Waals surface area contributed by atoms with Crippen LogP contribution in [-0.2, 0) is 21.2 Å². The van der Waals surface area contributed by atoms with Crippen LogP contribution in [0.5, 0.6) is 0 Å². The van der Waals surface area contributed by atoms with Crippen LogP contribution in [0.25, 0.3) is 0 Å². The summed E-state index contributed by atoms with van der Waals surface area (Å²) in [5, 5.41) is 8.96. The quantitative estimate of drug-likeness (QED) is 0.904. The number of rotatable bonds is 5. The number of carbonyl (C=O) groups is 1. The van der Waals surface area contributed by atoms with Crippen molar-refractivity contribution in [1.82, 2.24) is 4.31 Å². The lowest BCUT2D eigenvalue weighted by Gasteiger charge is -2.29. The number of carboxylic acids is 1. The minimum Gasteiger partial charge on any atom is -0.481 e. The molecule has 1 aromatic carbocycles. The number of carboxylic acid groups (broad SMARTS) is 1. The Morgan fingerprint density at radius 2 is 1.81 bits per heavy atom. The Bertz CT molecular complexity index is 587. The molecule has 1 aliphatic heterocycles. The average Bonchev–Trinajstić information content (AvgIpc) is 2.48. The van der Waals surface area contributed by atoms with E-state index in [2.05, 4.69) is 6.92 Å². The molecule has 116 valence electrons. The van der Waals surface area contributed by atoms with Crippen LogP contribution in [0.3, 0.4) is 0 Å².